The van der Waals surface area contributed by atoms with Crippen LogP contribution in [0.4, 0.5) is 5.69 Å². The number of hydrogen-bond acceptors (Lipinski definition) is 3. The van der Waals surface area contributed by atoms with Crippen LogP contribution in [0, 0.1) is 0 Å². The van der Waals surface area contributed by atoms with Gasteiger partial charge >= 0.3 is 0 Å². The molecule has 1 N–H and O–H groups in total. The van der Waals surface area contributed by atoms with E-state index in [4.69, 9.17) is 9.47 Å². The summed E-state index contributed by atoms with van der Waals surface area (Å²) in [5.41, 5.74) is 0.595. The minimum absolute atomic E-state index is 0.0896. The summed E-state index contributed by atoms with van der Waals surface area (Å²) in [6, 6.07) is 30.5. The average Bonchev–Trinajstić information content (AvgIpc) is 2.74. The number of benzene rings is 4. The first kappa shape index (κ1) is 17.6. The summed E-state index contributed by atoms with van der Waals surface area (Å²) >= 11 is 0. The fraction of sp³-hybridized carbons (Fsp3) is 0.0417. The molecule has 1 amide bonds. The van der Waals surface area contributed by atoms with Crippen LogP contribution in [-0.4, -0.2) is 12.5 Å². The molecule has 0 aliphatic carbocycles. The number of hydrogen-bond donors (Lipinski definition) is 1. The van der Waals surface area contributed by atoms with Crippen LogP contribution in [0.2, 0.25) is 0 Å². The molecule has 28 heavy (non-hydrogen) atoms. The molecule has 4 rings (SSSR count). The third-order valence-electron chi connectivity index (χ3n) is 4.24. The van der Waals surface area contributed by atoms with Crippen molar-refractivity contribution < 1.29 is 14.3 Å². The molecular formula is C24H19NO3. The molecule has 4 nitrogen and oxygen atoms in total. The van der Waals surface area contributed by atoms with E-state index in [1.807, 2.05) is 91.0 Å². The molecule has 4 aromatic rings. The second-order valence-electron chi connectivity index (χ2n) is 6.23. The van der Waals surface area contributed by atoms with Gasteiger partial charge in [0.1, 0.15) is 11.5 Å². The van der Waals surface area contributed by atoms with Crippen molar-refractivity contribution in [1.29, 1.82) is 0 Å². The Morgan fingerprint density at radius 1 is 0.714 bits per heavy atom. The molecule has 0 spiro atoms. The highest BCUT2D eigenvalue weighted by molar-refractivity contribution is 5.94. The van der Waals surface area contributed by atoms with Crippen LogP contribution in [0.1, 0.15) is 0 Å². The van der Waals surface area contributed by atoms with Crippen molar-refractivity contribution in [3.63, 3.8) is 0 Å². The van der Waals surface area contributed by atoms with Gasteiger partial charge in [-0.2, -0.15) is 0 Å². The second kappa shape index (κ2) is 8.27. The number of para-hydroxylation sites is 3. The fourth-order valence-corrected chi connectivity index (χ4v) is 2.93. The molecule has 0 unspecified atom stereocenters. The van der Waals surface area contributed by atoms with E-state index in [2.05, 4.69) is 5.32 Å². The molecule has 0 bridgehead atoms. The third-order valence-corrected chi connectivity index (χ3v) is 4.24. The average molecular weight is 369 g/mol. The Bertz CT molecular complexity index is 1090. The van der Waals surface area contributed by atoms with Gasteiger partial charge in [-0.25, -0.2) is 0 Å². The molecule has 4 heteroatoms. The number of ether oxygens (including phenoxy) is 2. The molecule has 0 aliphatic heterocycles. The van der Waals surface area contributed by atoms with E-state index in [-0.39, 0.29) is 12.5 Å². The zero-order valence-corrected chi connectivity index (χ0v) is 15.2. The summed E-state index contributed by atoms with van der Waals surface area (Å²) in [7, 11) is 0. The molecule has 0 heterocycles. The van der Waals surface area contributed by atoms with Crippen molar-refractivity contribution in [3.8, 4) is 17.2 Å². The molecule has 0 fully saturated rings. The molecule has 0 saturated carbocycles. The standard InChI is InChI=1S/C24H19NO3/c26-24(17-27-22-16-8-10-18-9-4-5-13-20(18)22)25-21-14-6-7-15-23(21)28-19-11-2-1-3-12-19/h1-16H,17H2,(H,25,26). The number of anilines is 1. The van der Waals surface area contributed by atoms with Gasteiger partial charge in [-0.05, 0) is 35.7 Å². The van der Waals surface area contributed by atoms with Crippen LogP contribution in [-0.2, 0) is 4.79 Å². The zero-order valence-electron chi connectivity index (χ0n) is 15.2. The van der Waals surface area contributed by atoms with Crippen molar-refractivity contribution >= 4 is 22.4 Å². The van der Waals surface area contributed by atoms with E-state index in [1.54, 1.807) is 6.07 Å². The van der Waals surface area contributed by atoms with E-state index in [9.17, 15) is 4.79 Å². The number of carbonyl (C=O) groups is 1. The Labute approximate surface area is 163 Å². The normalized spacial score (nSPS) is 10.4. The van der Waals surface area contributed by atoms with Crippen LogP contribution in [0.15, 0.2) is 97.1 Å². The van der Waals surface area contributed by atoms with Crippen LogP contribution in [0.3, 0.4) is 0 Å². The summed E-state index contributed by atoms with van der Waals surface area (Å²) < 4.78 is 11.6. The quantitative estimate of drug-likeness (QED) is 0.478. The Morgan fingerprint density at radius 3 is 2.29 bits per heavy atom. The highest BCUT2D eigenvalue weighted by atomic mass is 16.5. The van der Waals surface area contributed by atoms with Gasteiger partial charge in [0.05, 0.1) is 5.69 Å². The van der Waals surface area contributed by atoms with Gasteiger partial charge in [-0.3, -0.25) is 4.79 Å². The highest BCUT2D eigenvalue weighted by Gasteiger charge is 2.10. The number of carbonyl (C=O) groups excluding carboxylic acids is 1. The summed E-state index contributed by atoms with van der Waals surface area (Å²) in [6.45, 7) is -0.0896. The highest BCUT2D eigenvalue weighted by Crippen LogP contribution is 2.29. The smallest absolute Gasteiger partial charge is 0.262 e. The van der Waals surface area contributed by atoms with Gasteiger partial charge in [-0.1, -0.05) is 66.7 Å². The first-order chi connectivity index (χ1) is 13.8. The van der Waals surface area contributed by atoms with Crippen LogP contribution in [0.5, 0.6) is 17.2 Å². The summed E-state index contributed by atoms with van der Waals surface area (Å²) in [4.78, 5) is 12.4. The number of fused-ring (bicyclic) bond motifs is 1. The van der Waals surface area contributed by atoms with Crippen LogP contribution >= 0.6 is 0 Å². The van der Waals surface area contributed by atoms with Gasteiger partial charge in [0, 0.05) is 5.39 Å². The maximum Gasteiger partial charge on any atom is 0.262 e. The summed E-state index contributed by atoms with van der Waals surface area (Å²) in [5.74, 6) is 1.71. The monoisotopic (exact) mass is 369 g/mol. The van der Waals surface area contributed by atoms with E-state index in [1.165, 1.54) is 0 Å². The molecule has 0 radical (unpaired) electrons. The minimum atomic E-state index is -0.253. The number of nitrogens with one attached hydrogen (secondary N) is 1. The topological polar surface area (TPSA) is 47.6 Å². The number of rotatable bonds is 6. The molecule has 0 saturated heterocycles. The lowest BCUT2D eigenvalue weighted by molar-refractivity contribution is -0.118. The lowest BCUT2D eigenvalue weighted by atomic mass is 10.1. The maximum absolute atomic E-state index is 12.4. The Hall–Kier alpha value is -3.79. The Balaban J connectivity index is 1.44. The van der Waals surface area contributed by atoms with E-state index in [0.717, 1.165) is 10.8 Å². The SMILES string of the molecule is O=C(COc1cccc2ccccc12)Nc1ccccc1Oc1ccccc1. The van der Waals surface area contributed by atoms with Crippen molar-refractivity contribution in [2.45, 2.75) is 0 Å². The minimum Gasteiger partial charge on any atom is -0.483 e. The maximum atomic E-state index is 12.4. The van der Waals surface area contributed by atoms with Crippen LogP contribution < -0.4 is 14.8 Å². The van der Waals surface area contributed by atoms with Crippen molar-refractivity contribution in [3.05, 3.63) is 97.1 Å². The van der Waals surface area contributed by atoms with Crippen LogP contribution in [0.25, 0.3) is 10.8 Å². The first-order valence-corrected chi connectivity index (χ1v) is 9.02. The van der Waals surface area contributed by atoms with Gasteiger partial charge < -0.3 is 14.8 Å². The molecule has 0 aliphatic rings. The van der Waals surface area contributed by atoms with E-state index in [0.29, 0.717) is 22.9 Å². The second-order valence-corrected chi connectivity index (χ2v) is 6.23. The van der Waals surface area contributed by atoms with Gasteiger partial charge in [0.2, 0.25) is 0 Å². The van der Waals surface area contributed by atoms with E-state index >= 15 is 0 Å². The molecule has 0 atom stereocenters. The van der Waals surface area contributed by atoms with Crippen molar-refractivity contribution in [1.82, 2.24) is 0 Å². The first-order valence-electron chi connectivity index (χ1n) is 9.02. The Kier molecular flexibility index (Phi) is 5.20. The molecular weight excluding hydrogens is 350 g/mol. The predicted octanol–water partition coefficient (Wildman–Crippen LogP) is 5.65. The number of amides is 1. The summed E-state index contributed by atoms with van der Waals surface area (Å²) in [5, 5.41) is 4.91. The van der Waals surface area contributed by atoms with Gasteiger partial charge in [0.15, 0.2) is 12.4 Å². The summed E-state index contributed by atoms with van der Waals surface area (Å²) in [6.07, 6.45) is 0. The van der Waals surface area contributed by atoms with Crippen molar-refractivity contribution in [2.75, 3.05) is 11.9 Å². The van der Waals surface area contributed by atoms with Gasteiger partial charge in [-0.15, -0.1) is 0 Å². The molecule has 138 valence electrons. The Morgan fingerprint density at radius 2 is 1.39 bits per heavy atom. The third kappa shape index (κ3) is 4.13. The predicted molar refractivity (Wildman–Crippen MR) is 111 cm³/mol. The lowest BCUT2D eigenvalue weighted by Gasteiger charge is -2.13. The molecule has 0 aromatic heterocycles. The largest absolute Gasteiger partial charge is 0.483 e. The zero-order chi connectivity index (χ0) is 19.2. The van der Waals surface area contributed by atoms with Crippen molar-refractivity contribution in [2.24, 2.45) is 0 Å². The fourth-order valence-electron chi connectivity index (χ4n) is 2.93. The lowest BCUT2D eigenvalue weighted by Crippen LogP contribution is -2.20. The van der Waals surface area contributed by atoms with E-state index < -0.39 is 0 Å². The van der Waals surface area contributed by atoms with Gasteiger partial charge in [0.25, 0.3) is 5.91 Å². The molecule has 4 aromatic carbocycles.